The van der Waals surface area contributed by atoms with Crippen molar-refractivity contribution in [2.75, 3.05) is 0 Å². The Morgan fingerprint density at radius 2 is 2.36 bits per heavy atom. The van der Waals surface area contributed by atoms with Crippen LogP contribution < -0.4 is 0 Å². The van der Waals surface area contributed by atoms with Gasteiger partial charge in [0.15, 0.2) is 5.69 Å². The lowest BCUT2D eigenvalue weighted by Crippen LogP contribution is -1.78. The maximum absolute atomic E-state index is 8.73. The van der Waals surface area contributed by atoms with Crippen LogP contribution in [0.4, 0.5) is 0 Å². The fraction of sp³-hybridized carbons (Fsp3) is 0. The van der Waals surface area contributed by atoms with E-state index in [0.717, 1.165) is 14.4 Å². The molecule has 0 aromatic carbocycles. The van der Waals surface area contributed by atoms with E-state index in [-0.39, 0.29) is 0 Å². The fourth-order valence-electron chi connectivity index (χ4n) is 0.983. The van der Waals surface area contributed by atoms with E-state index < -0.39 is 0 Å². The predicted molar refractivity (Wildman–Crippen MR) is 57.8 cm³/mol. The number of hydrogen-bond donors (Lipinski definition) is 0. The Morgan fingerprint density at radius 1 is 1.50 bits per heavy atom. The van der Waals surface area contributed by atoms with Gasteiger partial charge in [0.2, 0.25) is 0 Å². The molecular formula is C9H4BrN3S. The van der Waals surface area contributed by atoms with Gasteiger partial charge in [0.1, 0.15) is 14.9 Å². The number of pyridine rings is 1. The van der Waals surface area contributed by atoms with Crippen molar-refractivity contribution in [2.24, 2.45) is 0 Å². The van der Waals surface area contributed by atoms with Gasteiger partial charge in [0.05, 0.1) is 0 Å². The van der Waals surface area contributed by atoms with E-state index in [1.807, 2.05) is 18.2 Å². The Balaban J connectivity index is 2.50. The van der Waals surface area contributed by atoms with E-state index in [9.17, 15) is 0 Å². The number of rotatable bonds is 1. The van der Waals surface area contributed by atoms with Crippen LogP contribution in [0.1, 0.15) is 5.69 Å². The third kappa shape index (κ3) is 1.67. The molecule has 2 heterocycles. The van der Waals surface area contributed by atoms with Crippen LogP contribution in [0, 0.1) is 11.3 Å². The minimum absolute atomic E-state index is 0.425. The molecule has 2 aromatic rings. The van der Waals surface area contributed by atoms with Gasteiger partial charge in [-0.2, -0.15) is 5.26 Å². The van der Waals surface area contributed by atoms with Gasteiger partial charge in [-0.15, -0.1) is 11.3 Å². The zero-order valence-electron chi connectivity index (χ0n) is 6.94. The number of thiazole rings is 1. The zero-order chi connectivity index (χ0) is 9.97. The summed E-state index contributed by atoms with van der Waals surface area (Å²) in [7, 11) is 0. The molecule has 0 amide bonds. The molecule has 0 spiro atoms. The summed E-state index contributed by atoms with van der Waals surface area (Å²) in [5, 5.41) is 9.53. The van der Waals surface area contributed by atoms with Crippen LogP contribution in [0.25, 0.3) is 10.6 Å². The van der Waals surface area contributed by atoms with E-state index in [1.165, 1.54) is 11.3 Å². The molecule has 0 bridgehead atoms. The molecule has 2 aromatic heterocycles. The molecule has 2 rings (SSSR count). The van der Waals surface area contributed by atoms with Crippen molar-refractivity contribution in [3.8, 4) is 16.6 Å². The molecule has 0 saturated heterocycles. The molecule has 3 nitrogen and oxygen atoms in total. The average Bonchev–Trinajstić information content (AvgIpc) is 2.61. The highest BCUT2D eigenvalue weighted by Gasteiger charge is 2.09. The van der Waals surface area contributed by atoms with Crippen LogP contribution in [0.3, 0.4) is 0 Å². The van der Waals surface area contributed by atoms with Crippen LogP contribution in [-0.2, 0) is 0 Å². The van der Waals surface area contributed by atoms with Crippen molar-refractivity contribution in [2.45, 2.75) is 0 Å². The SMILES string of the molecule is N#Cc1nc(-c2cccnc2)sc1Br. The molecule has 0 radical (unpaired) electrons. The van der Waals surface area contributed by atoms with Crippen molar-refractivity contribution < 1.29 is 0 Å². The summed E-state index contributed by atoms with van der Waals surface area (Å²) >= 11 is 4.72. The molecule has 0 unspecified atom stereocenters. The second-order valence-corrected chi connectivity index (χ2v) is 4.81. The van der Waals surface area contributed by atoms with Crippen LogP contribution in [0.2, 0.25) is 0 Å². The van der Waals surface area contributed by atoms with E-state index in [1.54, 1.807) is 12.4 Å². The Kier molecular flexibility index (Phi) is 2.57. The number of aromatic nitrogens is 2. The van der Waals surface area contributed by atoms with Gasteiger partial charge in [-0.3, -0.25) is 4.98 Å². The lowest BCUT2D eigenvalue weighted by atomic mass is 10.3. The van der Waals surface area contributed by atoms with Crippen molar-refractivity contribution in [1.29, 1.82) is 5.26 Å². The van der Waals surface area contributed by atoms with Gasteiger partial charge in [-0.1, -0.05) is 0 Å². The summed E-state index contributed by atoms with van der Waals surface area (Å²) in [6.45, 7) is 0. The maximum atomic E-state index is 8.73. The fourth-order valence-corrected chi connectivity index (χ4v) is 2.35. The molecule has 14 heavy (non-hydrogen) atoms. The summed E-state index contributed by atoms with van der Waals surface area (Å²) < 4.78 is 0.763. The molecule has 5 heteroatoms. The van der Waals surface area contributed by atoms with Crippen LogP contribution in [0.15, 0.2) is 28.3 Å². The van der Waals surface area contributed by atoms with Gasteiger partial charge >= 0.3 is 0 Å². The summed E-state index contributed by atoms with van der Waals surface area (Å²) in [4.78, 5) is 8.16. The molecule has 68 valence electrons. The number of nitriles is 1. The zero-order valence-corrected chi connectivity index (χ0v) is 9.34. The molecule has 0 aliphatic rings. The van der Waals surface area contributed by atoms with Gasteiger partial charge in [-0.25, -0.2) is 4.98 Å². The highest BCUT2D eigenvalue weighted by atomic mass is 79.9. The normalized spacial score (nSPS) is 9.71. The second-order valence-electron chi connectivity index (χ2n) is 2.49. The van der Waals surface area contributed by atoms with Crippen LogP contribution >= 0.6 is 27.3 Å². The van der Waals surface area contributed by atoms with Gasteiger partial charge in [0, 0.05) is 18.0 Å². The molecule has 0 fully saturated rings. The largest absolute Gasteiger partial charge is 0.264 e. The molecule has 0 saturated carbocycles. The Labute approximate surface area is 93.2 Å². The van der Waals surface area contributed by atoms with Gasteiger partial charge in [-0.05, 0) is 28.1 Å². The third-order valence-corrected chi connectivity index (χ3v) is 3.35. The molecule has 0 aliphatic carbocycles. The van der Waals surface area contributed by atoms with Crippen molar-refractivity contribution >= 4 is 27.3 Å². The molecule has 0 atom stereocenters. The summed E-state index contributed by atoms with van der Waals surface area (Å²) in [6.07, 6.45) is 3.43. The first-order chi connectivity index (χ1) is 6.81. The molecule has 0 N–H and O–H groups in total. The van der Waals surface area contributed by atoms with Crippen LogP contribution in [-0.4, -0.2) is 9.97 Å². The summed E-state index contributed by atoms with van der Waals surface area (Å²) in [5.41, 5.74) is 1.36. The third-order valence-electron chi connectivity index (χ3n) is 1.60. The Hall–Kier alpha value is -1.25. The maximum Gasteiger partial charge on any atom is 0.166 e. The number of hydrogen-bond acceptors (Lipinski definition) is 4. The Bertz CT molecular complexity index is 487. The topological polar surface area (TPSA) is 49.6 Å². The summed E-state index contributed by atoms with van der Waals surface area (Å²) in [6, 6.07) is 5.78. The number of nitrogens with zero attached hydrogens (tertiary/aromatic N) is 3. The molecule has 0 aliphatic heterocycles. The monoisotopic (exact) mass is 265 g/mol. The smallest absolute Gasteiger partial charge is 0.166 e. The van der Waals surface area contributed by atoms with E-state index in [4.69, 9.17) is 5.26 Å². The van der Waals surface area contributed by atoms with Gasteiger partial charge < -0.3 is 0 Å². The highest BCUT2D eigenvalue weighted by Crippen LogP contribution is 2.30. The summed E-state index contributed by atoms with van der Waals surface area (Å²) in [5.74, 6) is 0. The van der Waals surface area contributed by atoms with Gasteiger partial charge in [0.25, 0.3) is 0 Å². The average molecular weight is 266 g/mol. The minimum atomic E-state index is 0.425. The van der Waals surface area contributed by atoms with E-state index >= 15 is 0 Å². The lowest BCUT2D eigenvalue weighted by molar-refractivity contribution is 1.29. The standard InChI is InChI=1S/C9H4BrN3S/c10-8-7(4-11)13-9(14-8)6-2-1-3-12-5-6/h1-3,5H. The number of halogens is 1. The lowest BCUT2D eigenvalue weighted by Gasteiger charge is -1.91. The quantitative estimate of drug-likeness (QED) is 0.797. The first kappa shape index (κ1) is 9.31. The Morgan fingerprint density at radius 3 is 2.93 bits per heavy atom. The first-order valence-corrected chi connectivity index (χ1v) is 5.39. The van der Waals surface area contributed by atoms with E-state index in [0.29, 0.717) is 5.69 Å². The van der Waals surface area contributed by atoms with Crippen molar-refractivity contribution in [3.05, 3.63) is 34.0 Å². The highest BCUT2D eigenvalue weighted by molar-refractivity contribution is 9.11. The van der Waals surface area contributed by atoms with Crippen LogP contribution in [0.5, 0.6) is 0 Å². The van der Waals surface area contributed by atoms with Crippen molar-refractivity contribution in [3.63, 3.8) is 0 Å². The predicted octanol–water partition coefficient (Wildman–Crippen LogP) is 2.84. The minimum Gasteiger partial charge on any atom is -0.264 e. The van der Waals surface area contributed by atoms with Crippen molar-refractivity contribution in [1.82, 2.24) is 9.97 Å². The molecular weight excluding hydrogens is 262 g/mol. The second kappa shape index (κ2) is 3.86. The first-order valence-electron chi connectivity index (χ1n) is 3.78. The van der Waals surface area contributed by atoms with E-state index in [2.05, 4.69) is 25.9 Å².